The van der Waals surface area contributed by atoms with E-state index in [1.807, 2.05) is 24.3 Å². The van der Waals surface area contributed by atoms with E-state index in [0.29, 0.717) is 12.4 Å². The van der Waals surface area contributed by atoms with Gasteiger partial charge in [-0.15, -0.1) is 0 Å². The van der Waals surface area contributed by atoms with E-state index in [1.54, 1.807) is 30.3 Å². The molecule has 0 aliphatic carbocycles. The highest BCUT2D eigenvalue weighted by molar-refractivity contribution is 5.56. The monoisotopic (exact) mass is 310 g/mol. The highest BCUT2D eigenvalue weighted by Crippen LogP contribution is 2.19. The maximum absolute atomic E-state index is 10.7. The number of methoxy groups -OCH3 is 1. The van der Waals surface area contributed by atoms with Gasteiger partial charge in [-0.2, -0.15) is 5.10 Å². The standard InChI is InChI=1S/C16H14N4O3/c1-23-15-4-2-3-12(9-15)10-19-11-17-16(18-19)13-5-7-14(8-6-13)20(21)22/h2-9,11H,10H2,1H3. The van der Waals surface area contributed by atoms with Gasteiger partial charge in [0.15, 0.2) is 5.82 Å². The maximum atomic E-state index is 10.7. The summed E-state index contributed by atoms with van der Waals surface area (Å²) in [7, 11) is 1.63. The molecule has 116 valence electrons. The van der Waals surface area contributed by atoms with Gasteiger partial charge in [0.25, 0.3) is 5.69 Å². The highest BCUT2D eigenvalue weighted by atomic mass is 16.6. The van der Waals surface area contributed by atoms with Crippen molar-refractivity contribution in [3.63, 3.8) is 0 Å². The molecule has 1 aromatic heterocycles. The van der Waals surface area contributed by atoms with Crippen LogP contribution in [0.25, 0.3) is 11.4 Å². The van der Waals surface area contributed by atoms with Crippen molar-refractivity contribution in [2.45, 2.75) is 6.54 Å². The van der Waals surface area contributed by atoms with Gasteiger partial charge >= 0.3 is 0 Å². The molecule has 3 aromatic rings. The van der Waals surface area contributed by atoms with E-state index in [0.717, 1.165) is 16.9 Å². The van der Waals surface area contributed by atoms with Crippen molar-refractivity contribution in [1.82, 2.24) is 14.8 Å². The summed E-state index contributed by atoms with van der Waals surface area (Å²) in [4.78, 5) is 14.5. The summed E-state index contributed by atoms with van der Waals surface area (Å²) in [6.45, 7) is 0.567. The maximum Gasteiger partial charge on any atom is 0.269 e. The van der Waals surface area contributed by atoms with Crippen molar-refractivity contribution in [1.29, 1.82) is 0 Å². The Morgan fingerprint density at radius 2 is 2.00 bits per heavy atom. The van der Waals surface area contributed by atoms with E-state index in [-0.39, 0.29) is 5.69 Å². The molecule has 0 aliphatic heterocycles. The normalized spacial score (nSPS) is 10.5. The van der Waals surface area contributed by atoms with E-state index in [2.05, 4.69) is 10.1 Å². The molecule has 0 aliphatic rings. The summed E-state index contributed by atoms with van der Waals surface area (Å²) in [6, 6.07) is 13.9. The Kier molecular flexibility index (Phi) is 4.01. The summed E-state index contributed by atoms with van der Waals surface area (Å²) >= 11 is 0. The lowest BCUT2D eigenvalue weighted by Gasteiger charge is -2.04. The van der Waals surface area contributed by atoms with E-state index < -0.39 is 4.92 Å². The SMILES string of the molecule is COc1cccc(Cn2cnc(-c3ccc([N+](=O)[O-])cc3)n2)c1. The second-order valence-corrected chi connectivity index (χ2v) is 4.92. The third-order valence-electron chi connectivity index (χ3n) is 3.35. The van der Waals surface area contributed by atoms with Gasteiger partial charge < -0.3 is 4.74 Å². The topological polar surface area (TPSA) is 83.1 Å². The van der Waals surface area contributed by atoms with Gasteiger partial charge in [-0.25, -0.2) is 9.67 Å². The van der Waals surface area contributed by atoms with Crippen LogP contribution in [-0.2, 0) is 6.54 Å². The first kappa shape index (κ1) is 14.7. The highest BCUT2D eigenvalue weighted by Gasteiger charge is 2.08. The number of nitro benzene ring substituents is 1. The fourth-order valence-electron chi connectivity index (χ4n) is 2.19. The van der Waals surface area contributed by atoms with E-state index in [4.69, 9.17) is 4.74 Å². The summed E-state index contributed by atoms with van der Waals surface area (Å²) in [5, 5.41) is 15.1. The number of hydrogen-bond donors (Lipinski definition) is 0. The fraction of sp³-hybridized carbons (Fsp3) is 0.125. The van der Waals surface area contributed by atoms with Crippen LogP contribution in [0.1, 0.15) is 5.56 Å². The van der Waals surface area contributed by atoms with Crippen LogP contribution in [0.15, 0.2) is 54.9 Å². The molecule has 2 aromatic carbocycles. The predicted molar refractivity (Wildman–Crippen MR) is 84.2 cm³/mol. The first-order valence-electron chi connectivity index (χ1n) is 6.93. The molecule has 0 spiro atoms. The predicted octanol–water partition coefficient (Wildman–Crippen LogP) is 2.91. The first-order valence-corrected chi connectivity index (χ1v) is 6.93. The van der Waals surface area contributed by atoms with Gasteiger partial charge in [0.1, 0.15) is 12.1 Å². The average molecular weight is 310 g/mol. The van der Waals surface area contributed by atoms with Crippen molar-refractivity contribution in [3.05, 3.63) is 70.5 Å². The van der Waals surface area contributed by atoms with Crippen LogP contribution < -0.4 is 4.74 Å². The summed E-state index contributed by atoms with van der Waals surface area (Å²) in [5.74, 6) is 1.32. The zero-order valence-corrected chi connectivity index (χ0v) is 12.4. The Morgan fingerprint density at radius 3 is 2.70 bits per heavy atom. The number of nitro groups is 1. The van der Waals surface area contributed by atoms with Gasteiger partial charge in [-0.3, -0.25) is 10.1 Å². The lowest BCUT2D eigenvalue weighted by molar-refractivity contribution is -0.384. The fourth-order valence-corrected chi connectivity index (χ4v) is 2.19. The second kappa shape index (κ2) is 6.27. The minimum atomic E-state index is -0.432. The number of aromatic nitrogens is 3. The molecule has 7 heteroatoms. The third kappa shape index (κ3) is 3.34. The molecule has 7 nitrogen and oxygen atoms in total. The zero-order valence-electron chi connectivity index (χ0n) is 12.4. The minimum Gasteiger partial charge on any atom is -0.497 e. The van der Waals surface area contributed by atoms with Crippen LogP contribution in [0.4, 0.5) is 5.69 Å². The van der Waals surface area contributed by atoms with E-state index >= 15 is 0 Å². The lowest BCUT2D eigenvalue weighted by atomic mass is 10.2. The summed E-state index contributed by atoms with van der Waals surface area (Å²) < 4.78 is 6.91. The molecule has 0 amide bonds. The number of rotatable bonds is 5. The Bertz CT molecular complexity index is 827. The van der Waals surface area contributed by atoms with Crippen molar-refractivity contribution in [2.24, 2.45) is 0 Å². The molecule has 0 saturated heterocycles. The Balaban J connectivity index is 1.78. The number of hydrogen-bond acceptors (Lipinski definition) is 5. The van der Waals surface area contributed by atoms with Crippen molar-refractivity contribution < 1.29 is 9.66 Å². The molecule has 0 N–H and O–H groups in total. The molecule has 0 saturated carbocycles. The number of benzene rings is 2. The Hall–Kier alpha value is -3.22. The van der Waals surface area contributed by atoms with E-state index in [9.17, 15) is 10.1 Å². The molecule has 3 rings (SSSR count). The average Bonchev–Trinajstić information content (AvgIpc) is 3.03. The van der Waals surface area contributed by atoms with Crippen LogP contribution in [-0.4, -0.2) is 26.8 Å². The van der Waals surface area contributed by atoms with Crippen LogP contribution >= 0.6 is 0 Å². The number of non-ortho nitro benzene ring substituents is 1. The molecule has 23 heavy (non-hydrogen) atoms. The zero-order chi connectivity index (χ0) is 16.2. The molecular formula is C16H14N4O3. The van der Waals surface area contributed by atoms with Crippen LogP contribution in [0.2, 0.25) is 0 Å². The number of nitrogens with zero attached hydrogens (tertiary/aromatic N) is 4. The minimum absolute atomic E-state index is 0.0459. The van der Waals surface area contributed by atoms with Crippen molar-refractivity contribution in [2.75, 3.05) is 7.11 Å². The Labute approximate surface area is 132 Å². The van der Waals surface area contributed by atoms with Gasteiger partial charge in [-0.05, 0) is 29.8 Å². The number of ether oxygens (including phenoxy) is 1. The summed E-state index contributed by atoms with van der Waals surface area (Å²) in [5.41, 5.74) is 1.83. The van der Waals surface area contributed by atoms with Crippen LogP contribution in [0.5, 0.6) is 5.75 Å². The molecule has 0 unspecified atom stereocenters. The van der Waals surface area contributed by atoms with E-state index in [1.165, 1.54) is 12.1 Å². The van der Waals surface area contributed by atoms with Crippen LogP contribution in [0, 0.1) is 10.1 Å². The lowest BCUT2D eigenvalue weighted by Crippen LogP contribution is -2.00. The Morgan fingerprint density at radius 1 is 1.22 bits per heavy atom. The van der Waals surface area contributed by atoms with Crippen molar-refractivity contribution >= 4 is 5.69 Å². The molecule has 0 bridgehead atoms. The van der Waals surface area contributed by atoms with Gasteiger partial charge in [0, 0.05) is 17.7 Å². The second-order valence-electron chi connectivity index (χ2n) is 4.92. The van der Waals surface area contributed by atoms with Crippen molar-refractivity contribution in [3.8, 4) is 17.1 Å². The molecular weight excluding hydrogens is 296 g/mol. The summed E-state index contributed by atoms with van der Waals surface area (Å²) in [6.07, 6.45) is 1.64. The first-order chi connectivity index (χ1) is 11.2. The van der Waals surface area contributed by atoms with Gasteiger partial charge in [0.2, 0.25) is 0 Å². The van der Waals surface area contributed by atoms with Gasteiger partial charge in [-0.1, -0.05) is 12.1 Å². The molecule has 0 fully saturated rings. The van der Waals surface area contributed by atoms with Gasteiger partial charge in [0.05, 0.1) is 18.6 Å². The molecule has 1 heterocycles. The molecule has 0 radical (unpaired) electrons. The smallest absolute Gasteiger partial charge is 0.269 e. The largest absolute Gasteiger partial charge is 0.497 e. The quantitative estimate of drug-likeness (QED) is 0.534. The molecule has 0 atom stereocenters. The van der Waals surface area contributed by atoms with Crippen LogP contribution in [0.3, 0.4) is 0 Å². The third-order valence-corrected chi connectivity index (χ3v) is 3.35.